The molecule has 0 spiro atoms. The highest BCUT2D eigenvalue weighted by atomic mass is 32.1. The monoisotopic (exact) mass is 298 g/mol. The van der Waals surface area contributed by atoms with Crippen LogP contribution in [0.15, 0.2) is 0 Å². The molecule has 0 unspecified atom stereocenters. The molecule has 0 atom stereocenters. The van der Waals surface area contributed by atoms with E-state index >= 15 is 0 Å². The van der Waals surface area contributed by atoms with Gasteiger partial charge in [-0.2, -0.15) is 0 Å². The van der Waals surface area contributed by atoms with Crippen molar-refractivity contribution in [2.24, 2.45) is 5.92 Å². The molecule has 5 nitrogen and oxygen atoms in total. The van der Waals surface area contributed by atoms with E-state index in [0.29, 0.717) is 11.0 Å². The zero-order valence-corrected chi connectivity index (χ0v) is 13.3. The Labute approximate surface area is 123 Å². The number of rotatable bonds is 8. The summed E-state index contributed by atoms with van der Waals surface area (Å²) in [5.41, 5.74) is -0.125. The van der Waals surface area contributed by atoms with Gasteiger partial charge in [0.25, 0.3) is 0 Å². The van der Waals surface area contributed by atoms with Crippen molar-refractivity contribution in [3.05, 3.63) is 10.6 Å². The summed E-state index contributed by atoms with van der Waals surface area (Å²) in [7, 11) is 0. The number of anilines is 1. The molecule has 0 radical (unpaired) electrons. The lowest BCUT2D eigenvalue weighted by Crippen LogP contribution is -2.28. The minimum Gasteiger partial charge on any atom is -0.476 e. The van der Waals surface area contributed by atoms with Crippen molar-refractivity contribution in [1.29, 1.82) is 0 Å². The maximum Gasteiger partial charge on any atom is 0.356 e. The zero-order valence-electron chi connectivity index (χ0n) is 12.5. The first-order valence-corrected chi connectivity index (χ1v) is 7.76. The van der Waals surface area contributed by atoms with Gasteiger partial charge in [-0.1, -0.05) is 38.0 Å². The van der Waals surface area contributed by atoms with E-state index in [4.69, 9.17) is 5.11 Å². The van der Waals surface area contributed by atoms with Crippen LogP contribution in [0.25, 0.3) is 0 Å². The van der Waals surface area contributed by atoms with Crippen LogP contribution in [-0.2, 0) is 0 Å². The highest BCUT2D eigenvalue weighted by Gasteiger charge is 2.23. The minimum absolute atomic E-state index is 0.125. The fourth-order valence-corrected chi connectivity index (χ4v) is 3.05. The van der Waals surface area contributed by atoms with E-state index in [1.807, 2.05) is 6.92 Å². The molecule has 0 aromatic carbocycles. The van der Waals surface area contributed by atoms with Gasteiger partial charge >= 0.3 is 5.97 Å². The van der Waals surface area contributed by atoms with E-state index in [-0.39, 0.29) is 16.4 Å². The Hall–Kier alpha value is -1.43. The fraction of sp³-hybridized carbons (Fsp3) is 0.643. The molecule has 0 aliphatic carbocycles. The zero-order chi connectivity index (χ0) is 15.3. The molecular formula is C14H22N2O3S. The van der Waals surface area contributed by atoms with Crippen molar-refractivity contribution in [2.75, 3.05) is 18.0 Å². The number of nitrogens with zero attached hydrogens (tertiary/aromatic N) is 2. The Balaban J connectivity index is 3.07. The van der Waals surface area contributed by atoms with Gasteiger partial charge < -0.3 is 10.0 Å². The van der Waals surface area contributed by atoms with E-state index in [1.54, 1.807) is 0 Å². The predicted molar refractivity (Wildman–Crippen MR) is 81.0 cm³/mol. The van der Waals surface area contributed by atoms with Crippen molar-refractivity contribution in [3.8, 4) is 0 Å². The lowest BCUT2D eigenvalue weighted by atomic mass is 10.0. The van der Waals surface area contributed by atoms with Crippen molar-refractivity contribution in [2.45, 2.75) is 40.5 Å². The summed E-state index contributed by atoms with van der Waals surface area (Å²) in [6, 6.07) is 0. The smallest absolute Gasteiger partial charge is 0.356 e. The Bertz CT molecular complexity index is 449. The lowest BCUT2D eigenvalue weighted by molar-refractivity contribution is 0.0687. The van der Waals surface area contributed by atoms with Crippen LogP contribution in [0.2, 0.25) is 0 Å². The Morgan fingerprint density at radius 3 is 2.25 bits per heavy atom. The normalized spacial score (nSPS) is 10.8. The van der Waals surface area contributed by atoms with Crippen LogP contribution >= 0.6 is 11.3 Å². The number of hydrogen-bond acceptors (Lipinski definition) is 5. The van der Waals surface area contributed by atoms with Gasteiger partial charge in [0.05, 0.1) is 0 Å². The topological polar surface area (TPSA) is 70.5 Å². The van der Waals surface area contributed by atoms with E-state index in [1.165, 1.54) is 18.3 Å². The molecule has 1 aromatic rings. The van der Waals surface area contributed by atoms with Gasteiger partial charge in [0.2, 0.25) is 0 Å². The highest BCUT2D eigenvalue weighted by molar-refractivity contribution is 7.17. The first kappa shape index (κ1) is 16.6. The second-order valence-corrected chi connectivity index (χ2v) is 5.73. The lowest BCUT2D eigenvalue weighted by Gasteiger charge is -2.24. The second kappa shape index (κ2) is 7.38. The first-order valence-electron chi connectivity index (χ1n) is 6.94. The first-order chi connectivity index (χ1) is 9.44. The molecule has 0 fully saturated rings. The molecule has 20 heavy (non-hydrogen) atoms. The Morgan fingerprint density at radius 2 is 1.90 bits per heavy atom. The molecule has 0 amide bonds. The molecule has 1 aromatic heterocycles. The summed E-state index contributed by atoms with van der Waals surface area (Å²) in [5, 5.41) is 9.76. The largest absolute Gasteiger partial charge is 0.476 e. The van der Waals surface area contributed by atoms with Gasteiger partial charge in [-0.05, 0) is 12.8 Å². The van der Waals surface area contributed by atoms with Crippen molar-refractivity contribution in [1.82, 2.24) is 4.98 Å². The van der Waals surface area contributed by atoms with Crippen LogP contribution in [0.5, 0.6) is 0 Å². The van der Waals surface area contributed by atoms with Crippen molar-refractivity contribution >= 4 is 28.2 Å². The molecule has 6 heteroatoms. The van der Waals surface area contributed by atoms with E-state index in [2.05, 4.69) is 23.7 Å². The molecule has 0 saturated carbocycles. The Morgan fingerprint density at radius 1 is 1.30 bits per heavy atom. The summed E-state index contributed by atoms with van der Waals surface area (Å²) in [5.74, 6) is -0.839. The third-order valence-corrected chi connectivity index (χ3v) is 4.64. The van der Waals surface area contributed by atoms with Gasteiger partial charge in [-0.3, -0.25) is 4.79 Å². The number of aromatic nitrogens is 1. The fourth-order valence-electron chi connectivity index (χ4n) is 2.03. The molecule has 0 aliphatic rings. The summed E-state index contributed by atoms with van der Waals surface area (Å²) in [6.07, 6.45) is 2.15. The van der Waals surface area contributed by atoms with Gasteiger partial charge in [-0.25, -0.2) is 9.78 Å². The number of carboxylic acid groups (broad SMARTS) is 1. The van der Waals surface area contributed by atoms with Crippen molar-refractivity contribution < 1.29 is 14.7 Å². The number of aromatic carboxylic acids is 1. The number of carboxylic acids is 1. The maximum atomic E-state index is 11.5. The van der Waals surface area contributed by atoms with Gasteiger partial charge in [0.1, 0.15) is 4.88 Å². The number of ketones is 1. The molecule has 0 saturated heterocycles. The van der Waals surface area contributed by atoms with E-state index in [0.717, 1.165) is 25.9 Å². The molecule has 1 N–H and O–H groups in total. The number of thiazole rings is 1. The molecule has 112 valence electrons. The summed E-state index contributed by atoms with van der Waals surface area (Å²) < 4.78 is 0. The van der Waals surface area contributed by atoms with Gasteiger partial charge in [0.15, 0.2) is 16.6 Å². The van der Waals surface area contributed by atoms with Crippen LogP contribution in [0.4, 0.5) is 5.13 Å². The average molecular weight is 298 g/mol. The quantitative estimate of drug-likeness (QED) is 0.746. The number of carbonyl (C=O) groups excluding carboxylic acids is 1. The summed E-state index contributed by atoms with van der Waals surface area (Å²) in [4.78, 5) is 29.1. The van der Waals surface area contributed by atoms with Crippen LogP contribution in [0.1, 0.15) is 60.7 Å². The van der Waals surface area contributed by atoms with E-state index < -0.39 is 5.97 Å². The van der Waals surface area contributed by atoms with Crippen LogP contribution in [0.3, 0.4) is 0 Å². The SMILES string of the molecule is CCC(CC)CN(CC)c1nc(C(=O)O)c(C(C)=O)s1. The van der Waals surface area contributed by atoms with Crippen LogP contribution in [-0.4, -0.2) is 34.9 Å². The minimum atomic E-state index is -1.14. The molecule has 0 bridgehead atoms. The third-order valence-electron chi connectivity index (χ3n) is 3.42. The highest BCUT2D eigenvalue weighted by Crippen LogP contribution is 2.28. The number of carbonyl (C=O) groups is 2. The van der Waals surface area contributed by atoms with E-state index in [9.17, 15) is 9.59 Å². The molecule has 1 heterocycles. The molecule has 0 aliphatic heterocycles. The van der Waals surface area contributed by atoms with Gasteiger partial charge in [0, 0.05) is 20.0 Å². The maximum absolute atomic E-state index is 11.5. The predicted octanol–water partition coefficient (Wildman–Crippen LogP) is 3.31. The average Bonchev–Trinajstić information content (AvgIpc) is 2.85. The second-order valence-electron chi connectivity index (χ2n) is 4.76. The van der Waals surface area contributed by atoms with Crippen LogP contribution < -0.4 is 4.90 Å². The molecular weight excluding hydrogens is 276 g/mol. The number of Topliss-reactive ketones (excluding diaryl/α,β-unsaturated/α-hetero) is 1. The Kier molecular flexibility index (Phi) is 6.13. The summed E-state index contributed by atoms with van der Waals surface area (Å²) >= 11 is 1.18. The molecule has 1 rings (SSSR count). The standard InChI is InChI=1S/C14H22N2O3S/c1-5-10(6-2)8-16(7-3)14-15-11(13(18)19)12(20-14)9(4)17/h10H,5-8H2,1-4H3,(H,18,19). The van der Waals surface area contributed by atoms with Gasteiger partial charge in [-0.15, -0.1) is 0 Å². The van der Waals surface area contributed by atoms with Crippen molar-refractivity contribution in [3.63, 3.8) is 0 Å². The number of hydrogen-bond donors (Lipinski definition) is 1. The third kappa shape index (κ3) is 3.79. The summed E-state index contributed by atoms with van der Waals surface area (Å²) in [6.45, 7) is 9.27. The van der Waals surface area contributed by atoms with Crippen LogP contribution in [0, 0.1) is 5.92 Å².